The molecule has 0 aliphatic carbocycles. The minimum atomic E-state index is -0.516. The van der Waals surface area contributed by atoms with Gasteiger partial charge in [-0.3, -0.25) is 9.59 Å². The van der Waals surface area contributed by atoms with E-state index >= 15 is 0 Å². The number of nitrogens with one attached hydrogen (secondary N) is 2. The van der Waals surface area contributed by atoms with Crippen LogP contribution in [0.25, 0.3) is 10.9 Å². The third-order valence-corrected chi connectivity index (χ3v) is 5.34. The molecule has 2 aliphatic rings. The van der Waals surface area contributed by atoms with Crippen LogP contribution in [-0.2, 0) is 9.47 Å². The lowest BCUT2D eigenvalue weighted by Crippen LogP contribution is -2.51. The lowest BCUT2D eigenvalue weighted by Gasteiger charge is -2.43. The molecule has 0 bridgehead atoms. The van der Waals surface area contributed by atoms with Crippen molar-refractivity contribution in [1.82, 2.24) is 10.3 Å². The maximum Gasteiger partial charge on any atom is 0.256 e. The Bertz CT molecular complexity index is 883. The number of pyridine rings is 1. The van der Waals surface area contributed by atoms with E-state index in [4.69, 9.17) is 9.47 Å². The number of H-pyrrole nitrogens is 1. The zero-order chi connectivity index (χ0) is 18.1. The van der Waals surface area contributed by atoms with Crippen molar-refractivity contribution in [3.63, 3.8) is 0 Å². The highest BCUT2D eigenvalue weighted by atomic mass is 19.1. The Morgan fingerprint density at radius 1 is 1.27 bits per heavy atom. The molecule has 1 aromatic carbocycles. The largest absolute Gasteiger partial charge is 0.381 e. The normalized spacial score (nSPS) is 22.4. The molecule has 1 amide bonds. The van der Waals surface area contributed by atoms with Crippen LogP contribution in [0.5, 0.6) is 0 Å². The summed E-state index contributed by atoms with van der Waals surface area (Å²) < 4.78 is 25.2. The van der Waals surface area contributed by atoms with Gasteiger partial charge in [0.15, 0.2) is 0 Å². The number of amides is 1. The molecule has 2 saturated heterocycles. The number of carbonyl (C=O) groups excluding carboxylic acids is 1. The molecule has 4 rings (SSSR count). The summed E-state index contributed by atoms with van der Waals surface area (Å²) in [5.41, 5.74) is -0.603. The fourth-order valence-electron chi connectivity index (χ4n) is 3.89. The van der Waals surface area contributed by atoms with Gasteiger partial charge in [0.25, 0.3) is 5.91 Å². The summed E-state index contributed by atoms with van der Waals surface area (Å²) in [6, 6.07) is 4.19. The van der Waals surface area contributed by atoms with Crippen molar-refractivity contribution in [1.29, 1.82) is 0 Å². The van der Waals surface area contributed by atoms with Gasteiger partial charge in [-0.25, -0.2) is 4.39 Å². The SMILES string of the molecule is O=C(N[C@H]1CCOC2(CCOCC2)C1)c1c[nH]c2c(F)cccc2c1=O. The van der Waals surface area contributed by atoms with Crippen LogP contribution in [0.2, 0.25) is 0 Å². The average Bonchev–Trinajstić information content (AvgIpc) is 2.63. The molecule has 2 N–H and O–H groups in total. The fourth-order valence-corrected chi connectivity index (χ4v) is 3.89. The van der Waals surface area contributed by atoms with E-state index in [0.29, 0.717) is 32.7 Å². The van der Waals surface area contributed by atoms with Crippen LogP contribution < -0.4 is 10.7 Å². The molecule has 0 radical (unpaired) electrons. The first-order valence-corrected chi connectivity index (χ1v) is 8.90. The van der Waals surface area contributed by atoms with Gasteiger partial charge < -0.3 is 19.8 Å². The maximum absolute atomic E-state index is 13.8. The predicted octanol–water partition coefficient (Wildman–Crippen LogP) is 2.13. The van der Waals surface area contributed by atoms with Crippen molar-refractivity contribution in [2.24, 2.45) is 0 Å². The maximum atomic E-state index is 13.8. The Kier molecular flexibility index (Phi) is 4.50. The third-order valence-electron chi connectivity index (χ3n) is 5.34. The van der Waals surface area contributed by atoms with Gasteiger partial charge in [-0.2, -0.15) is 0 Å². The second-order valence-corrected chi connectivity index (χ2v) is 7.00. The summed E-state index contributed by atoms with van der Waals surface area (Å²) in [6.07, 6.45) is 4.33. The van der Waals surface area contributed by atoms with Crippen LogP contribution >= 0.6 is 0 Å². The van der Waals surface area contributed by atoms with Gasteiger partial charge in [0.2, 0.25) is 5.43 Å². The fraction of sp³-hybridized carbons (Fsp3) is 0.474. The Balaban J connectivity index is 1.54. The van der Waals surface area contributed by atoms with Crippen LogP contribution in [0.1, 0.15) is 36.0 Å². The van der Waals surface area contributed by atoms with E-state index in [1.807, 2.05) is 0 Å². The second kappa shape index (κ2) is 6.81. The summed E-state index contributed by atoms with van der Waals surface area (Å²) in [5.74, 6) is -0.955. The van der Waals surface area contributed by atoms with Crippen molar-refractivity contribution >= 4 is 16.8 Å². The molecule has 3 heterocycles. The van der Waals surface area contributed by atoms with Crippen molar-refractivity contribution in [2.45, 2.75) is 37.3 Å². The van der Waals surface area contributed by atoms with Crippen molar-refractivity contribution < 1.29 is 18.7 Å². The quantitative estimate of drug-likeness (QED) is 0.860. The predicted molar refractivity (Wildman–Crippen MR) is 93.8 cm³/mol. The van der Waals surface area contributed by atoms with Crippen LogP contribution in [0, 0.1) is 5.82 Å². The summed E-state index contributed by atoms with van der Waals surface area (Å²) in [7, 11) is 0. The first-order valence-electron chi connectivity index (χ1n) is 8.90. The lowest BCUT2D eigenvalue weighted by atomic mass is 9.84. The van der Waals surface area contributed by atoms with E-state index in [9.17, 15) is 14.0 Å². The number of rotatable bonds is 2. The van der Waals surface area contributed by atoms with E-state index < -0.39 is 17.2 Å². The van der Waals surface area contributed by atoms with Crippen molar-refractivity contribution in [3.05, 3.63) is 46.0 Å². The van der Waals surface area contributed by atoms with Crippen LogP contribution in [0.3, 0.4) is 0 Å². The highest BCUT2D eigenvalue weighted by Gasteiger charge is 2.39. The molecule has 1 aromatic heterocycles. The van der Waals surface area contributed by atoms with Gasteiger partial charge in [0.1, 0.15) is 11.4 Å². The standard InChI is InChI=1S/C19H21FN2O4/c20-15-3-1-2-13-16(15)21-11-14(17(13)23)18(24)22-12-4-7-26-19(10-12)5-8-25-9-6-19/h1-3,11-12H,4-10H2,(H,21,23)(H,22,24)/t12-/m0/s1. The summed E-state index contributed by atoms with van der Waals surface area (Å²) >= 11 is 0. The number of para-hydroxylation sites is 1. The molecule has 1 atom stereocenters. The number of benzene rings is 1. The Hall–Kier alpha value is -2.25. The van der Waals surface area contributed by atoms with Gasteiger partial charge >= 0.3 is 0 Å². The van der Waals surface area contributed by atoms with E-state index in [2.05, 4.69) is 10.3 Å². The third kappa shape index (κ3) is 3.12. The highest BCUT2D eigenvalue weighted by molar-refractivity contribution is 5.97. The van der Waals surface area contributed by atoms with Crippen molar-refractivity contribution in [2.75, 3.05) is 19.8 Å². The van der Waals surface area contributed by atoms with E-state index in [-0.39, 0.29) is 28.1 Å². The van der Waals surface area contributed by atoms with Crippen LogP contribution in [-0.4, -0.2) is 42.4 Å². The Morgan fingerprint density at radius 2 is 2.08 bits per heavy atom. The molecule has 6 nitrogen and oxygen atoms in total. The van der Waals surface area contributed by atoms with E-state index in [1.165, 1.54) is 24.4 Å². The van der Waals surface area contributed by atoms with Crippen molar-refractivity contribution in [3.8, 4) is 0 Å². The molecular weight excluding hydrogens is 339 g/mol. The molecule has 1 spiro atoms. The molecule has 7 heteroatoms. The highest BCUT2D eigenvalue weighted by Crippen LogP contribution is 2.34. The zero-order valence-electron chi connectivity index (χ0n) is 14.3. The van der Waals surface area contributed by atoms with E-state index in [1.54, 1.807) is 0 Å². The minimum Gasteiger partial charge on any atom is -0.381 e. The number of hydrogen-bond donors (Lipinski definition) is 2. The minimum absolute atomic E-state index is 0.00406. The molecule has 0 unspecified atom stereocenters. The molecule has 0 saturated carbocycles. The summed E-state index contributed by atoms with van der Waals surface area (Å²) in [5, 5.41) is 3.13. The van der Waals surface area contributed by atoms with Crippen LogP contribution in [0.15, 0.2) is 29.2 Å². The number of aromatic amines is 1. The average molecular weight is 360 g/mol. The number of aromatic nitrogens is 1. The second-order valence-electron chi connectivity index (χ2n) is 7.00. The molecule has 2 aliphatic heterocycles. The Labute approximate surface area is 149 Å². The van der Waals surface area contributed by atoms with Gasteiger partial charge in [-0.1, -0.05) is 6.07 Å². The summed E-state index contributed by atoms with van der Waals surface area (Å²) in [6.45, 7) is 1.90. The smallest absolute Gasteiger partial charge is 0.256 e. The lowest BCUT2D eigenvalue weighted by molar-refractivity contribution is -0.139. The van der Waals surface area contributed by atoms with Gasteiger partial charge in [0, 0.05) is 37.4 Å². The Morgan fingerprint density at radius 3 is 2.88 bits per heavy atom. The van der Waals surface area contributed by atoms with Crippen LogP contribution in [0.4, 0.5) is 4.39 Å². The monoisotopic (exact) mass is 360 g/mol. The molecule has 2 fully saturated rings. The number of ether oxygens (including phenoxy) is 2. The molecular formula is C19H21FN2O4. The number of carbonyl (C=O) groups is 1. The topological polar surface area (TPSA) is 80.4 Å². The first kappa shape index (κ1) is 17.2. The summed E-state index contributed by atoms with van der Waals surface area (Å²) in [4.78, 5) is 27.9. The van der Waals surface area contributed by atoms with Gasteiger partial charge in [-0.15, -0.1) is 0 Å². The van der Waals surface area contributed by atoms with Gasteiger partial charge in [0.05, 0.1) is 11.1 Å². The molecule has 138 valence electrons. The number of fused-ring (bicyclic) bond motifs is 1. The zero-order valence-corrected chi connectivity index (χ0v) is 14.3. The molecule has 2 aromatic rings. The number of hydrogen-bond acceptors (Lipinski definition) is 4. The van der Waals surface area contributed by atoms with Gasteiger partial charge in [-0.05, 0) is 37.8 Å². The molecule has 26 heavy (non-hydrogen) atoms. The van der Waals surface area contributed by atoms with E-state index in [0.717, 1.165) is 12.8 Å². The first-order chi connectivity index (χ1) is 12.6. The number of halogens is 1.